The highest BCUT2D eigenvalue weighted by Gasteiger charge is 2.23. The standard InChI is InChI=1S/C16H28BrNO2/c1-12(2)11-15(18-16(19)9-6-10-17)13(3)20-14-7-4-5-8-14/h12,14-15H,3-11H2,1-2H3,(H,18,19)/t15-/m1/s1. The largest absolute Gasteiger partial charge is 0.493 e. The van der Waals surface area contributed by atoms with Crippen LogP contribution in [0.5, 0.6) is 0 Å². The van der Waals surface area contributed by atoms with E-state index < -0.39 is 0 Å². The van der Waals surface area contributed by atoms with Gasteiger partial charge >= 0.3 is 0 Å². The van der Waals surface area contributed by atoms with Crippen LogP contribution in [0, 0.1) is 5.92 Å². The van der Waals surface area contributed by atoms with Crippen molar-refractivity contribution >= 4 is 21.8 Å². The Morgan fingerprint density at radius 1 is 1.40 bits per heavy atom. The Balaban J connectivity index is 2.48. The van der Waals surface area contributed by atoms with Crippen molar-refractivity contribution in [1.29, 1.82) is 0 Å². The summed E-state index contributed by atoms with van der Waals surface area (Å²) in [6.07, 6.45) is 7.31. The first kappa shape index (κ1) is 17.5. The van der Waals surface area contributed by atoms with Gasteiger partial charge in [-0.2, -0.15) is 0 Å². The summed E-state index contributed by atoms with van der Waals surface area (Å²) in [6, 6.07) is -0.0570. The summed E-state index contributed by atoms with van der Waals surface area (Å²) >= 11 is 3.35. The van der Waals surface area contributed by atoms with Gasteiger partial charge in [0, 0.05) is 11.8 Å². The lowest BCUT2D eigenvalue weighted by Crippen LogP contribution is -2.38. The molecular formula is C16H28BrNO2. The summed E-state index contributed by atoms with van der Waals surface area (Å²) in [5.41, 5.74) is 0. The minimum absolute atomic E-state index is 0.0570. The normalized spacial score (nSPS) is 17.2. The van der Waals surface area contributed by atoms with Gasteiger partial charge < -0.3 is 10.1 Å². The Kier molecular flexibility index (Phi) is 8.27. The van der Waals surface area contributed by atoms with Crippen LogP contribution in [-0.4, -0.2) is 23.4 Å². The molecule has 0 bridgehead atoms. The van der Waals surface area contributed by atoms with E-state index in [2.05, 4.69) is 41.7 Å². The van der Waals surface area contributed by atoms with Gasteiger partial charge in [0.1, 0.15) is 5.76 Å². The molecule has 1 aliphatic rings. The molecule has 0 unspecified atom stereocenters. The monoisotopic (exact) mass is 345 g/mol. The van der Waals surface area contributed by atoms with Crippen LogP contribution in [0.4, 0.5) is 0 Å². The molecule has 0 saturated heterocycles. The van der Waals surface area contributed by atoms with Crippen molar-refractivity contribution < 1.29 is 9.53 Å². The van der Waals surface area contributed by atoms with Crippen LogP contribution in [0.2, 0.25) is 0 Å². The van der Waals surface area contributed by atoms with Gasteiger partial charge in [-0.25, -0.2) is 0 Å². The molecule has 0 aromatic heterocycles. The highest BCUT2D eigenvalue weighted by molar-refractivity contribution is 9.09. The molecule has 0 radical (unpaired) electrons. The van der Waals surface area contributed by atoms with Crippen molar-refractivity contribution in [3.8, 4) is 0 Å². The highest BCUT2D eigenvalue weighted by atomic mass is 79.9. The van der Waals surface area contributed by atoms with Crippen molar-refractivity contribution in [2.24, 2.45) is 5.92 Å². The molecule has 116 valence electrons. The lowest BCUT2D eigenvalue weighted by Gasteiger charge is -2.25. The Labute approximate surface area is 131 Å². The molecule has 4 heteroatoms. The Bertz CT molecular complexity index is 312. The molecule has 3 nitrogen and oxygen atoms in total. The molecule has 1 rings (SSSR count). The fraction of sp³-hybridized carbons (Fsp3) is 0.812. The first-order valence-electron chi connectivity index (χ1n) is 7.73. The van der Waals surface area contributed by atoms with Crippen LogP contribution in [-0.2, 0) is 9.53 Å². The molecule has 1 amide bonds. The number of carbonyl (C=O) groups excluding carboxylic acids is 1. The van der Waals surface area contributed by atoms with E-state index in [0.29, 0.717) is 18.4 Å². The van der Waals surface area contributed by atoms with Gasteiger partial charge in [0.2, 0.25) is 5.91 Å². The minimum atomic E-state index is -0.0570. The quantitative estimate of drug-likeness (QED) is 0.503. The first-order chi connectivity index (χ1) is 9.52. The molecule has 0 spiro atoms. The SMILES string of the molecule is C=C(OC1CCCC1)[C@@H](CC(C)C)NC(=O)CCCBr. The van der Waals surface area contributed by atoms with Crippen molar-refractivity contribution in [3.63, 3.8) is 0 Å². The molecule has 1 N–H and O–H groups in total. The van der Waals surface area contributed by atoms with Crippen LogP contribution >= 0.6 is 15.9 Å². The number of alkyl halides is 1. The number of nitrogens with one attached hydrogen (secondary N) is 1. The Morgan fingerprint density at radius 2 is 2.05 bits per heavy atom. The van der Waals surface area contributed by atoms with E-state index in [0.717, 1.165) is 36.8 Å². The Morgan fingerprint density at radius 3 is 2.60 bits per heavy atom. The van der Waals surface area contributed by atoms with Crippen LogP contribution in [0.3, 0.4) is 0 Å². The fourth-order valence-corrected chi connectivity index (χ4v) is 2.82. The van der Waals surface area contributed by atoms with Crippen molar-refractivity contribution in [1.82, 2.24) is 5.32 Å². The molecule has 0 aromatic rings. The van der Waals surface area contributed by atoms with Crippen LogP contribution in [0.15, 0.2) is 12.3 Å². The minimum Gasteiger partial charge on any atom is -0.493 e. The van der Waals surface area contributed by atoms with Gasteiger partial charge in [0.15, 0.2) is 0 Å². The van der Waals surface area contributed by atoms with Gasteiger partial charge in [-0.15, -0.1) is 0 Å². The number of amides is 1. The summed E-state index contributed by atoms with van der Waals surface area (Å²) in [4.78, 5) is 11.9. The number of carbonyl (C=O) groups is 1. The molecule has 0 heterocycles. The average molecular weight is 346 g/mol. The third-order valence-corrected chi connectivity index (χ3v) is 4.15. The molecule has 1 saturated carbocycles. The van der Waals surface area contributed by atoms with Gasteiger partial charge in [-0.05, 0) is 44.4 Å². The summed E-state index contributed by atoms with van der Waals surface area (Å²) < 4.78 is 5.96. The summed E-state index contributed by atoms with van der Waals surface area (Å²) in [5.74, 6) is 1.32. The number of hydrogen-bond acceptors (Lipinski definition) is 2. The molecular weight excluding hydrogens is 318 g/mol. The zero-order chi connectivity index (χ0) is 15.0. The van der Waals surface area contributed by atoms with E-state index in [9.17, 15) is 4.79 Å². The molecule has 1 aliphatic carbocycles. The molecule has 1 fully saturated rings. The Hall–Kier alpha value is -0.510. The zero-order valence-corrected chi connectivity index (χ0v) is 14.4. The van der Waals surface area contributed by atoms with Crippen molar-refractivity contribution in [2.75, 3.05) is 5.33 Å². The van der Waals surface area contributed by atoms with Crippen LogP contribution in [0.1, 0.15) is 58.8 Å². The average Bonchev–Trinajstić information content (AvgIpc) is 2.87. The lowest BCUT2D eigenvalue weighted by molar-refractivity contribution is -0.122. The van der Waals surface area contributed by atoms with Gasteiger partial charge in [0.25, 0.3) is 0 Å². The summed E-state index contributed by atoms with van der Waals surface area (Å²) in [7, 11) is 0. The van der Waals surface area contributed by atoms with Gasteiger partial charge in [-0.3, -0.25) is 4.79 Å². The second kappa shape index (κ2) is 9.43. The second-order valence-electron chi connectivity index (χ2n) is 6.03. The van der Waals surface area contributed by atoms with Crippen LogP contribution in [0.25, 0.3) is 0 Å². The molecule has 0 aromatic carbocycles. The van der Waals surface area contributed by atoms with Gasteiger partial charge in [0.05, 0.1) is 12.1 Å². The smallest absolute Gasteiger partial charge is 0.220 e. The summed E-state index contributed by atoms with van der Waals surface area (Å²) in [5, 5.41) is 3.93. The van der Waals surface area contributed by atoms with E-state index in [1.165, 1.54) is 12.8 Å². The number of halogens is 1. The molecule has 0 aliphatic heterocycles. The van der Waals surface area contributed by atoms with Crippen molar-refractivity contribution in [3.05, 3.63) is 12.3 Å². The third kappa shape index (κ3) is 6.78. The zero-order valence-electron chi connectivity index (χ0n) is 12.8. The van der Waals surface area contributed by atoms with E-state index >= 15 is 0 Å². The maximum atomic E-state index is 11.9. The third-order valence-electron chi connectivity index (χ3n) is 3.59. The van der Waals surface area contributed by atoms with E-state index in [1.807, 2.05) is 0 Å². The lowest BCUT2D eigenvalue weighted by atomic mass is 10.0. The number of hydrogen-bond donors (Lipinski definition) is 1. The van der Waals surface area contributed by atoms with E-state index in [-0.39, 0.29) is 11.9 Å². The van der Waals surface area contributed by atoms with Gasteiger partial charge in [-0.1, -0.05) is 36.4 Å². The summed E-state index contributed by atoms with van der Waals surface area (Å²) in [6.45, 7) is 8.37. The van der Waals surface area contributed by atoms with Crippen molar-refractivity contribution in [2.45, 2.75) is 70.9 Å². The predicted octanol–water partition coefficient (Wildman–Crippen LogP) is 4.17. The first-order valence-corrected chi connectivity index (χ1v) is 8.85. The maximum Gasteiger partial charge on any atom is 0.220 e. The van der Waals surface area contributed by atoms with E-state index in [4.69, 9.17) is 4.74 Å². The fourth-order valence-electron chi connectivity index (χ4n) is 2.54. The maximum absolute atomic E-state index is 11.9. The topological polar surface area (TPSA) is 38.3 Å². The van der Waals surface area contributed by atoms with Crippen LogP contribution < -0.4 is 5.32 Å². The van der Waals surface area contributed by atoms with E-state index in [1.54, 1.807) is 0 Å². The predicted molar refractivity (Wildman–Crippen MR) is 86.9 cm³/mol. The highest BCUT2D eigenvalue weighted by Crippen LogP contribution is 2.25. The number of rotatable bonds is 9. The second-order valence-corrected chi connectivity index (χ2v) is 6.83. The molecule has 1 atom stereocenters. The molecule has 20 heavy (non-hydrogen) atoms. The number of ether oxygens (including phenoxy) is 1.